The molecular formula is C14H10ClF2NO3. The fourth-order valence-corrected chi connectivity index (χ4v) is 1.81. The molecule has 4 nitrogen and oxygen atoms in total. The van der Waals surface area contributed by atoms with Crippen LogP contribution in [-0.2, 0) is 4.74 Å². The van der Waals surface area contributed by atoms with Crippen LogP contribution < -0.4 is 5.56 Å². The van der Waals surface area contributed by atoms with Gasteiger partial charge >= 0.3 is 5.97 Å². The number of aromatic amines is 1. The van der Waals surface area contributed by atoms with Crippen molar-refractivity contribution < 1.29 is 18.3 Å². The lowest BCUT2D eigenvalue weighted by atomic mass is 10.1. The highest BCUT2D eigenvalue weighted by Gasteiger charge is 2.16. The Kier molecular flexibility index (Phi) is 4.37. The van der Waals surface area contributed by atoms with Gasteiger partial charge in [-0.25, -0.2) is 13.6 Å². The molecule has 0 aliphatic rings. The van der Waals surface area contributed by atoms with Crippen LogP contribution >= 0.6 is 11.6 Å². The van der Waals surface area contributed by atoms with Gasteiger partial charge in [-0.15, -0.1) is 0 Å². The molecule has 21 heavy (non-hydrogen) atoms. The van der Waals surface area contributed by atoms with Crippen molar-refractivity contribution in [3.05, 3.63) is 68.6 Å². The molecule has 0 fully saturated rings. The number of hydrogen-bond donors (Lipinski definition) is 1. The summed E-state index contributed by atoms with van der Waals surface area (Å²) < 4.78 is 31.1. The Morgan fingerprint density at radius 1 is 1.29 bits per heavy atom. The zero-order valence-electron chi connectivity index (χ0n) is 10.8. The van der Waals surface area contributed by atoms with E-state index in [0.29, 0.717) is 5.56 Å². The number of benzene rings is 1. The third-order valence-corrected chi connectivity index (χ3v) is 3.07. The molecule has 0 radical (unpaired) electrons. The molecule has 0 aliphatic heterocycles. The average molecular weight is 314 g/mol. The summed E-state index contributed by atoms with van der Waals surface area (Å²) in [5.74, 6) is -2.75. The number of H-pyrrole nitrogens is 1. The van der Waals surface area contributed by atoms with E-state index in [4.69, 9.17) is 16.3 Å². The smallest absolute Gasteiger partial charge is 0.340 e. The predicted molar refractivity (Wildman–Crippen MR) is 72.3 cm³/mol. The molecule has 1 aromatic heterocycles. The number of rotatable bonds is 3. The van der Waals surface area contributed by atoms with E-state index in [9.17, 15) is 18.4 Å². The Labute approximate surface area is 123 Å². The second-order valence-electron chi connectivity index (χ2n) is 4.29. The third-order valence-electron chi connectivity index (χ3n) is 2.79. The molecule has 1 atom stereocenters. The predicted octanol–water partition coefficient (Wildman–Crippen LogP) is 3.22. The number of carbonyl (C=O) groups excluding carboxylic acids is 1. The molecule has 1 N–H and O–H groups in total. The second-order valence-corrected chi connectivity index (χ2v) is 4.69. The Morgan fingerprint density at radius 3 is 2.62 bits per heavy atom. The van der Waals surface area contributed by atoms with Crippen LogP contribution in [0.1, 0.15) is 28.9 Å². The van der Waals surface area contributed by atoms with E-state index >= 15 is 0 Å². The van der Waals surface area contributed by atoms with E-state index in [2.05, 4.69) is 4.98 Å². The van der Waals surface area contributed by atoms with Crippen LogP contribution in [0.5, 0.6) is 0 Å². The average Bonchev–Trinajstić information content (AvgIpc) is 2.44. The van der Waals surface area contributed by atoms with Gasteiger partial charge in [0.25, 0.3) is 5.56 Å². The SMILES string of the molecule is C[C@@H](OC(=O)c1c[nH]c(=O)c(Cl)c1)c1ccc(F)c(F)c1. The standard InChI is InChI=1S/C14H10ClF2NO3/c1-7(8-2-3-11(16)12(17)5-8)21-14(20)9-4-10(15)13(19)18-6-9/h2-7H,1H3,(H,18,19)/t7-/m1/s1. The molecule has 0 bridgehead atoms. The van der Waals surface area contributed by atoms with Gasteiger partial charge in [-0.3, -0.25) is 4.79 Å². The van der Waals surface area contributed by atoms with Gasteiger partial charge in [0.1, 0.15) is 11.1 Å². The lowest BCUT2D eigenvalue weighted by Gasteiger charge is -2.13. The van der Waals surface area contributed by atoms with Crippen molar-refractivity contribution in [1.82, 2.24) is 4.98 Å². The molecule has 1 heterocycles. The van der Waals surface area contributed by atoms with Crippen LogP contribution in [0.4, 0.5) is 8.78 Å². The van der Waals surface area contributed by atoms with Crippen LogP contribution in [0.15, 0.2) is 35.3 Å². The summed E-state index contributed by atoms with van der Waals surface area (Å²) in [7, 11) is 0. The first-order valence-electron chi connectivity index (χ1n) is 5.92. The number of aromatic nitrogens is 1. The zero-order chi connectivity index (χ0) is 15.6. The summed E-state index contributed by atoms with van der Waals surface area (Å²) in [6.45, 7) is 1.51. The molecule has 0 unspecified atom stereocenters. The van der Waals surface area contributed by atoms with E-state index in [-0.39, 0.29) is 10.6 Å². The summed E-state index contributed by atoms with van der Waals surface area (Å²) >= 11 is 5.61. The van der Waals surface area contributed by atoms with Gasteiger partial charge in [0.05, 0.1) is 5.56 Å². The van der Waals surface area contributed by atoms with Crippen LogP contribution in [0.25, 0.3) is 0 Å². The van der Waals surface area contributed by atoms with Gasteiger partial charge in [0.15, 0.2) is 11.6 Å². The summed E-state index contributed by atoms with van der Waals surface area (Å²) in [4.78, 5) is 25.2. The maximum atomic E-state index is 13.1. The molecule has 0 aliphatic carbocycles. The van der Waals surface area contributed by atoms with E-state index in [1.54, 1.807) is 0 Å². The number of pyridine rings is 1. The van der Waals surface area contributed by atoms with E-state index in [0.717, 1.165) is 18.3 Å². The fraction of sp³-hybridized carbons (Fsp3) is 0.143. The van der Waals surface area contributed by atoms with Crippen molar-refractivity contribution in [3.63, 3.8) is 0 Å². The molecule has 0 saturated carbocycles. The van der Waals surface area contributed by atoms with Crippen molar-refractivity contribution in [2.75, 3.05) is 0 Å². The molecule has 7 heteroatoms. The Bertz CT molecular complexity index is 745. The van der Waals surface area contributed by atoms with Crippen molar-refractivity contribution >= 4 is 17.6 Å². The first kappa shape index (κ1) is 15.2. The number of esters is 1. The lowest BCUT2D eigenvalue weighted by molar-refractivity contribution is 0.0336. The summed E-state index contributed by atoms with van der Waals surface area (Å²) in [6.07, 6.45) is 0.368. The maximum absolute atomic E-state index is 13.1. The number of halogens is 3. The Balaban J connectivity index is 2.16. The molecule has 1 aromatic carbocycles. The molecule has 0 spiro atoms. The van der Waals surface area contributed by atoms with Crippen LogP contribution in [-0.4, -0.2) is 11.0 Å². The van der Waals surface area contributed by atoms with Crippen LogP contribution in [0.2, 0.25) is 5.02 Å². The Morgan fingerprint density at radius 2 is 2.00 bits per heavy atom. The number of ether oxygens (including phenoxy) is 1. The highest BCUT2D eigenvalue weighted by atomic mass is 35.5. The van der Waals surface area contributed by atoms with Crippen molar-refractivity contribution in [3.8, 4) is 0 Å². The van der Waals surface area contributed by atoms with E-state index in [1.807, 2.05) is 0 Å². The maximum Gasteiger partial charge on any atom is 0.340 e. The van der Waals surface area contributed by atoms with Gasteiger partial charge in [-0.2, -0.15) is 0 Å². The molecule has 2 rings (SSSR count). The van der Waals surface area contributed by atoms with Gasteiger partial charge in [-0.05, 0) is 30.7 Å². The van der Waals surface area contributed by atoms with E-state index in [1.165, 1.54) is 19.1 Å². The first-order chi connectivity index (χ1) is 9.88. The lowest BCUT2D eigenvalue weighted by Crippen LogP contribution is -2.13. The Hall–Kier alpha value is -2.21. The van der Waals surface area contributed by atoms with Crippen LogP contribution in [0.3, 0.4) is 0 Å². The van der Waals surface area contributed by atoms with Gasteiger partial charge < -0.3 is 9.72 Å². The third kappa shape index (κ3) is 3.46. The van der Waals surface area contributed by atoms with Gasteiger partial charge in [0.2, 0.25) is 0 Å². The summed E-state index contributed by atoms with van der Waals surface area (Å²) in [5.41, 5.74) is -0.173. The minimum atomic E-state index is -1.03. The minimum Gasteiger partial charge on any atom is -0.454 e. The quantitative estimate of drug-likeness (QED) is 0.885. The zero-order valence-corrected chi connectivity index (χ0v) is 11.6. The first-order valence-corrected chi connectivity index (χ1v) is 6.30. The number of nitrogens with one attached hydrogen (secondary N) is 1. The topological polar surface area (TPSA) is 59.2 Å². The van der Waals surface area contributed by atoms with Crippen molar-refractivity contribution in [2.45, 2.75) is 13.0 Å². The minimum absolute atomic E-state index is 0.0500. The van der Waals surface area contributed by atoms with E-state index < -0.39 is 29.3 Å². The molecule has 110 valence electrons. The number of hydrogen-bond acceptors (Lipinski definition) is 3. The molecular weight excluding hydrogens is 304 g/mol. The fourth-order valence-electron chi connectivity index (χ4n) is 1.64. The largest absolute Gasteiger partial charge is 0.454 e. The highest BCUT2D eigenvalue weighted by Crippen LogP contribution is 2.20. The van der Waals surface area contributed by atoms with Crippen molar-refractivity contribution in [2.24, 2.45) is 0 Å². The summed E-state index contributed by atoms with van der Waals surface area (Å²) in [5, 5.41) is -0.148. The summed E-state index contributed by atoms with van der Waals surface area (Å²) in [6, 6.07) is 4.38. The monoisotopic (exact) mass is 313 g/mol. The van der Waals surface area contributed by atoms with Crippen molar-refractivity contribution in [1.29, 1.82) is 0 Å². The van der Waals surface area contributed by atoms with Crippen LogP contribution in [0, 0.1) is 11.6 Å². The number of carbonyl (C=O) groups is 1. The van der Waals surface area contributed by atoms with Gasteiger partial charge in [0, 0.05) is 6.20 Å². The second kappa shape index (κ2) is 6.05. The molecule has 0 saturated heterocycles. The highest BCUT2D eigenvalue weighted by molar-refractivity contribution is 6.30. The molecule has 0 amide bonds. The normalized spacial score (nSPS) is 12.0. The molecule has 2 aromatic rings. The van der Waals surface area contributed by atoms with Gasteiger partial charge in [-0.1, -0.05) is 17.7 Å².